The normalized spacial score (nSPS) is 11.7. The van der Waals surface area contributed by atoms with Gasteiger partial charge in [-0.3, -0.25) is 9.59 Å². The second kappa shape index (κ2) is 6.70. The Morgan fingerprint density at radius 3 is 2.33 bits per heavy atom. The molecule has 0 spiro atoms. The molecule has 1 rings (SSSR count). The smallest absolute Gasteiger partial charge is 0.252 e. The Labute approximate surface area is 122 Å². The maximum Gasteiger partial charge on any atom is 0.252 e. The van der Waals surface area contributed by atoms with Crippen LogP contribution in [0.15, 0.2) is 39.8 Å². The van der Waals surface area contributed by atoms with Gasteiger partial charge in [-0.05, 0) is 24.6 Å². The Balaban J connectivity index is 2.86. The van der Waals surface area contributed by atoms with Crippen molar-refractivity contribution in [3.63, 3.8) is 0 Å². The van der Waals surface area contributed by atoms with E-state index in [0.717, 1.165) is 8.95 Å². The predicted octanol–water partition coefficient (Wildman–Crippen LogP) is 2.37. The average Bonchev–Trinajstić information content (AvgIpc) is 2.26. The van der Waals surface area contributed by atoms with E-state index < -0.39 is 11.9 Å². The van der Waals surface area contributed by atoms with E-state index in [0.29, 0.717) is 12.0 Å². The second-order valence-electron chi connectivity index (χ2n) is 3.61. The standard InChI is InChI=1S/C12H12Br2N2O2/c1-2-3-10(11(15)17)16-12(18)7-4-8(13)6-9(14)5-7/h2,4-6,10H,1,3H2,(H2,15,17)(H,16,18)/t10-/m1/s1. The maximum absolute atomic E-state index is 11.9. The van der Waals surface area contributed by atoms with Crippen LogP contribution in [0.2, 0.25) is 0 Å². The molecular weight excluding hydrogens is 364 g/mol. The molecule has 18 heavy (non-hydrogen) atoms. The Morgan fingerprint density at radius 2 is 1.89 bits per heavy atom. The molecule has 0 unspecified atom stereocenters. The molecule has 0 saturated heterocycles. The molecule has 1 atom stereocenters. The third kappa shape index (κ3) is 4.27. The number of carbonyl (C=O) groups is 2. The summed E-state index contributed by atoms with van der Waals surface area (Å²) in [5.74, 6) is -0.944. The van der Waals surface area contributed by atoms with Crippen molar-refractivity contribution in [3.8, 4) is 0 Å². The minimum Gasteiger partial charge on any atom is -0.368 e. The Morgan fingerprint density at radius 1 is 1.33 bits per heavy atom. The summed E-state index contributed by atoms with van der Waals surface area (Å²) in [4.78, 5) is 23.1. The SMILES string of the molecule is C=CC[C@@H](NC(=O)c1cc(Br)cc(Br)c1)C(N)=O. The van der Waals surface area contributed by atoms with Crippen LogP contribution in [0.3, 0.4) is 0 Å². The van der Waals surface area contributed by atoms with Gasteiger partial charge >= 0.3 is 0 Å². The number of nitrogens with two attached hydrogens (primary N) is 1. The monoisotopic (exact) mass is 374 g/mol. The highest BCUT2D eigenvalue weighted by molar-refractivity contribution is 9.11. The number of hydrogen-bond acceptors (Lipinski definition) is 2. The largest absolute Gasteiger partial charge is 0.368 e. The fourth-order valence-corrected chi connectivity index (χ4v) is 2.63. The van der Waals surface area contributed by atoms with Crippen LogP contribution in [0.4, 0.5) is 0 Å². The first kappa shape index (κ1) is 14.9. The van der Waals surface area contributed by atoms with Crippen molar-refractivity contribution in [2.24, 2.45) is 5.73 Å². The molecule has 0 aromatic heterocycles. The van der Waals surface area contributed by atoms with Crippen molar-refractivity contribution in [3.05, 3.63) is 45.4 Å². The van der Waals surface area contributed by atoms with Crippen molar-refractivity contribution in [1.29, 1.82) is 0 Å². The first-order valence-electron chi connectivity index (χ1n) is 5.11. The van der Waals surface area contributed by atoms with Crippen LogP contribution in [0.25, 0.3) is 0 Å². The van der Waals surface area contributed by atoms with E-state index in [1.807, 2.05) is 6.07 Å². The van der Waals surface area contributed by atoms with Crippen LogP contribution in [-0.4, -0.2) is 17.9 Å². The lowest BCUT2D eigenvalue weighted by molar-refractivity contribution is -0.119. The Bertz CT molecular complexity index is 469. The highest BCUT2D eigenvalue weighted by Crippen LogP contribution is 2.20. The molecule has 3 N–H and O–H groups in total. The van der Waals surface area contributed by atoms with Crippen LogP contribution in [0.5, 0.6) is 0 Å². The fraction of sp³-hybridized carbons (Fsp3) is 0.167. The van der Waals surface area contributed by atoms with Gasteiger partial charge in [-0.1, -0.05) is 37.9 Å². The van der Waals surface area contributed by atoms with Gasteiger partial charge in [0.25, 0.3) is 5.91 Å². The van der Waals surface area contributed by atoms with Gasteiger partial charge < -0.3 is 11.1 Å². The summed E-state index contributed by atoms with van der Waals surface area (Å²) >= 11 is 6.58. The van der Waals surface area contributed by atoms with Gasteiger partial charge in [-0.2, -0.15) is 0 Å². The maximum atomic E-state index is 11.9. The van der Waals surface area contributed by atoms with Gasteiger partial charge in [-0.15, -0.1) is 6.58 Å². The minimum atomic E-state index is -0.743. The Hall–Kier alpha value is -1.14. The van der Waals surface area contributed by atoms with Gasteiger partial charge in [-0.25, -0.2) is 0 Å². The molecule has 0 aliphatic carbocycles. The number of rotatable bonds is 5. The number of nitrogens with one attached hydrogen (secondary N) is 1. The molecular formula is C12H12Br2N2O2. The number of halogens is 2. The van der Waals surface area contributed by atoms with Crippen molar-refractivity contribution in [1.82, 2.24) is 5.32 Å². The van der Waals surface area contributed by atoms with E-state index in [9.17, 15) is 9.59 Å². The summed E-state index contributed by atoms with van der Waals surface area (Å²) in [6, 6.07) is 4.39. The molecule has 96 valence electrons. The lowest BCUT2D eigenvalue weighted by Gasteiger charge is -2.13. The summed E-state index contributed by atoms with van der Waals surface area (Å²) < 4.78 is 1.53. The van der Waals surface area contributed by atoms with E-state index in [2.05, 4.69) is 43.8 Å². The van der Waals surface area contributed by atoms with Crippen LogP contribution in [0, 0.1) is 0 Å². The molecule has 0 saturated carbocycles. The highest BCUT2D eigenvalue weighted by atomic mass is 79.9. The third-order valence-corrected chi connectivity index (χ3v) is 3.09. The van der Waals surface area contributed by atoms with Gasteiger partial charge in [0.15, 0.2) is 0 Å². The molecule has 1 aromatic rings. The molecule has 0 radical (unpaired) electrons. The quantitative estimate of drug-likeness (QED) is 0.775. The van der Waals surface area contributed by atoms with Crippen molar-refractivity contribution >= 4 is 43.7 Å². The highest BCUT2D eigenvalue weighted by Gasteiger charge is 2.17. The number of primary amides is 1. The lowest BCUT2D eigenvalue weighted by Crippen LogP contribution is -2.44. The first-order chi connectivity index (χ1) is 8.43. The minimum absolute atomic E-state index is 0.302. The molecule has 0 aliphatic heterocycles. The van der Waals surface area contributed by atoms with Crippen LogP contribution in [0.1, 0.15) is 16.8 Å². The molecule has 0 heterocycles. The fourth-order valence-electron chi connectivity index (χ4n) is 1.34. The Kier molecular flexibility index (Phi) is 5.55. The zero-order chi connectivity index (χ0) is 13.7. The van der Waals surface area contributed by atoms with E-state index in [4.69, 9.17) is 5.73 Å². The van der Waals surface area contributed by atoms with Crippen molar-refractivity contribution < 1.29 is 9.59 Å². The molecule has 1 aromatic carbocycles. The molecule has 2 amide bonds. The topological polar surface area (TPSA) is 72.2 Å². The van der Waals surface area contributed by atoms with E-state index in [1.165, 1.54) is 6.08 Å². The van der Waals surface area contributed by atoms with Crippen LogP contribution >= 0.6 is 31.9 Å². The van der Waals surface area contributed by atoms with Gasteiger partial charge in [0.2, 0.25) is 5.91 Å². The molecule has 6 heteroatoms. The first-order valence-corrected chi connectivity index (χ1v) is 6.70. The third-order valence-electron chi connectivity index (χ3n) is 2.18. The van der Waals surface area contributed by atoms with Crippen LogP contribution < -0.4 is 11.1 Å². The van der Waals surface area contributed by atoms with Gasteiger partial charge in [0, 0.05) is 14.5 Å². The average molecular weight is 376 g/mol. The number of hydrogen-bond donors (Lipinski definition) is 2. The van der Waals surface area contributed by atoms with Gasteiger partial charge in [0.05, 0.1) is 0 Å². The number of amides is 2. The van der Waals surface area contributed by atoms with Crippen molar-refractivity contribution in [2.75, 3.05) is 0 Å². The zero-order valence-corrected chi connectivity index (χ0v) is 12.6. The second-order valence-corrected chi connectivity index (χ2v) is 5.44. The van der Waals surface area contributed by atoms with Crippen molar-refractivity contribution in [2.45, 2.75) is 12.5 Å². The van der Waals surface area contributed by atoms with E-state index in [1.54, 1.807) is 12.1 Å². The summed E-state index contributed by atoms with van der Waals surface area (Å²) in [7, 11) is 0. The lowest BCUT2D eigenvalue weighted by atomic mass is 10.1. The van der Waals surface area contributed by atoms with E-state index in [-0.39, 0.29) is 5.91 Å². The molecule has 0 fully saturated rings. The molecule has 4 nitrogen and oxygen atoms in total. The number of carbonyl (C=O) groups excluding carboxylic acids is 2. The summed E-state index contributed by atoms with van der Waals surface area (Å²) in [5.41, 5.74) is 5.63. The summed E-state index contributed by atoms with van der Waals surface area (Å²) in [5, 5.41) is 2.56. The van der Waals surface area contributed by atoms with Crippen LogP contribution in [-0.2, 0) is 4.79 Å². The predicted molar refractivity (Wildman–Crippen MR) is 77.1 cm³/mol. The number of benzene rings is 1. The zero-order valence-electron chi connectivity index (χ0n) is 9.45. The summed E-state index contributed by atoms with van der Waals surface area (Å²) in [6.07, 6.45) is 1.84. The molecule has 0 bridgehead atoms. The molecule has 0 aliphatic rings. The summed E-state index contributed by atoms with van der Waals surface area (Å²) in [6.45, 7) is 3.52. The van der Waals surface area contributed by atoms with E-state index >= 15 is 0 Å². The van der Waals surface area contributed by atoms with Gasteiger partial charge in [0.1, 0.15) is 6.04 Å².